The minimum atomic E-state index is 0.344. The number of fused-ring (bicyclic) bond motifs is 2. The molecule has 3 unspecified atom stereocenters. The number of methoxy groups -OCH3 is 1. The molecule has 0 radical (unpaired) electrons. The van der Waals surface area contributed by atoms with E-state index < -0.39 is 0 Å². The summed E-state index contributed by atoms with van der Waals surface area (Å²) in [4.78, 5) is 9.37. The van der Waals surface area contributed by atoms with Crippen LogP contribution in [0.5, 0.6) is 0 Å². The molecule has 2 saturated heterocycles. The predicted octanol–water partition coefficient (Wildman–Crippen LogP) is 1.56. The lowest BCUT2D eigenvalue weighted by molar-refractivity contribution is 0.0998. The van der Waals surface area contributed by atoms with E-state index in [4.69, 9.17) is 14.5 Å². The van der Waals surface area contributed by atoms with Gasteiger partial charge in [0.2, 0.25) is 0 Å². The Labute approximate surface area is 120 Å². The van der Waals surface area contributed by atoms with E-state index in [1.54, 1.807) is 7.11 Å². The molecule has 1 aromatic rings. The van der Waals surface area contributed by atoms with Crippen molar-refractivity contribution >= 4 is 0 Å². The third kappa shape index (κ3) is 3.00. The number of nitrogens with zero attached hydrogens (tertiary/aromatic N) is 2. The molecule has 3 rings (SSSR count). The van der Waals surface area contributed by atoms with E-state index in [1.807, 2.05) is 6.92 Å². The van der Waals surface area contributed by atoms with Crippen molar-refractivity contribution in [3.05, 3.63) is 23.3 Å². The molecule has 2 bridgehead atoms. The van der Waals surface area contributed by atoms with Crippen molar-refractivity contribution in [1.82, 2.24) is 15.3 Å². The van der Waals surface area contributed by atoms with Gasteiger partial charge in [0.05, 0.1) is 24.5 Å². The van der Waals surface area contributed by atoms with Gasteiger partial charge in [0.1, 0.15) is 5.82 Å². The number of nitrogens with one attached hydrogen (secondary N) is 1. The molecule has 20 heavy (non-hydrogen) atoms. The zero-order valence-electron chi connectivity index (χ0n) is 12.3. The second-order valence-corrected chi connectivity index (χ2v) is 5.74. The molecule has 1 aromatic heterocycles. The van der Waals surface area contributed by atoms with Crippen molar-refractivity contribution in [2.45, 2.75) is 50.9 Å². The maximum atomic E-state index is 5.92. The number of ether oxygens (including phenoxy) is 2. The van der Waals surface area contributed by atoms with Crippen LogP contribution in [0.4, 0.5) is 0 Å². The maximum Gasteiger partial charge on any atom is 0.134 e. The standard InChI is InChI=1S/C15H23N3O2/c1-10-7-11(9-16-5-6-19-2)18-15(17-10)13-8-12-3-4-14(13)20-12/h7,12-14,16H,3-6,8-9H2,1-2H3. The molecule has 5 heteroatoms. The van der Waals surface area contributed by atoms with Gasteiger partial charge in [0, 0.05) is 31.8 Å². The van der Waals surface area contributed by atoms with Crippen LogP contribution in [0, 0.1) is 6.92 Å². The van der Waals surface area contributed by atoms with Crippen molar-refractivity contribution in [1.29, 1.82) is 0 Å². The molecule has 2 fully saturated rings. The van der Waals surface area contributed by atoms with E-state index in [0.29, 0.717) is 18.1 Å². The van der Waals surface area contributed by atoms with Crippen molar-refractivity contribution < 1.29 is 9.47 Å². The minimum Gasteiger partial charge on any atom is -0.383 e. The van der Waals surface area contributed by atoms with Crippen LogP contribution in [0.2, 0.25) is 0 Å². The van der Waals surface area contributed by atoms with Crippen LogP contribution < -0.4 is 5.32 Å². The van der Waals surface area contributed by atoms with Gasteiger partial charge in [0.15, 0.2) is 0 Å². The number of hydrogen-bond acceptors (Lipinski definition) is 5. The lowest BCUT2D eigenvalue weighted by Crippen LogP contribution is -2.22. The lowest BCUT2D eigenvalue weighted by atomic mass is 9.88. The fourth-order valence-electron chi connectivity index (χ4n) is 3.22. The van der Waals surface area contributed by atoms with Gasteiger partial charge in [0.25, 0.3) is 0 Å². The Morgan fingerprint density at radius 1 is 1.40 bits per heavy atom. The van der Waals surface area contributed by atoms with Gasteiger partial charge < -0.3 is 14.8 Å². The highest BCUT2D eigenvalue weighted by Crippen LogP contribution is 2.43. The third-order valence-corrected chi connectivity index (χ3v) is 4.15. The molecule has 5 nitrogen and oxygen atoms in total. The maximum absolute atomic E-state index is 5.92. The Hall–Kier alpha value is -1.04. The molecule has 0 spiro atoms. The fourth-order valence-corrected chi connectivity index (χ4v) is 3.22. The Balaban J connectivity index is 1.67. The molecule has 1 N–H and O–H groups in total. The second-order valence-electron chi connectivity index (χ2n) is 5.74. The molecule has 2 aliphatic rings. The largest absolute Gasteiger partial charge is 0.383 e. The number of aryl methyl sites for hydroxylation is 1. The van der Waals surface area contributed by atoms with Gasteiger partial charge in [-0.25, -0.2) is 9.97 Å². The summed E-state index contributed by atoms with van der Waals surface area (Å²) in [7, 11) is 1.71. The van der Waals surface area contributed by atoms with E-state index in [1.165, 1.54) is 6.42 Å². The summed E-state index contributed by atoms with van der Waals surface area (Å²) in [6.07, 6.45) is 4.24. The van der Waals surface area contributed by atoms with E-state index in [2.05, 4.69) is 16.4 Å². The topological polar surface area (TPSA) is 56.3 Å². The molecular formula is C15H23N3O2. The SMILES string of the molecule is COCCNCc1cc(C)nc(C2CC3CCC2O3)n1. The van der Waals surface area contributed by atoms with Crippen LogP contribution in [-0.2, 0) is 16.0 Å². The molecule has 0 aliphatic carbocycles. The summed E-state index contributed by atoms with van der Waals surface area (Å²) in [5.74, 6) is 1.37. The van der Waals surface area contributed by atoms with Gasteiger partial charge >= 0.3 is 0 Å². The van der Waals surface area contributed by atoms with Crippen molar-refractivity contribution in [2.75, 3.05) is 20.3 Å². The summed E-state index contributed by atoms with van der Waals surface area (Å²) >= 11 is 0. The number of rotatable bonds is 6. The molecule has 2 aliphatic heterocycles. The first kappa shape index (κ1) is 13.9. The third-order valence-electron chi connectivity index (χ3n) is 4.15. The highest BCUT2D eigenvalue weighted by Gasteiger charge is 2.42. The zero-order valence-corrected chi connectivity index (χ0v) is 12.3. The average Bonchev–Trinajstić information content (AvgIpc) is 3.05. The summed E-state index contributed by atoms with van der Waals surface area (Å²) in [5, 5.41) is 3.34. The van der Waals surface area contributed by atoms with Crippen LogP contribution in [-0.4, -0.2) is 42.4 Å². The number of hydrogen-bond donors (Lipinski definition) is 1. The lowest BCUT2D eigenvalue weighted by Gasteiger charge is -2.18. The van der Waals surface area contributed by atoms with E-state index in [0.717, 1.165) is 49.8 Å². The summed E-state index contributed by atoms with van der Waals surface area (Å²) in [6.45, 7) is 4.36. The summed E-state index contributed by atoms with van der Waals surface area (Å²) in [5.41, 5.74) is 2.10. The predicted molar refractivity (Wildman–Crippen MR) is 75.6 cm³/mol. The summed E-state index contributed by atoms with van der Waals surface area (Å²) in [6, 6.07) is 2.05. The normalized spacial score (nSPS) is 28.2. The van der Waals surface area contributed by atoms with Gasteiger partial charge in [-0.05, 0) is 32.3 Å². The van der Waals surface area contributed by atoms with E-state index in [9.17, 15) is 0 Å². The van der Waals surface area contributed by atoms with Crippen LogP contribution in [0.1, 0.15) is 42.4 Å². The van der Waals surface area contributed by atoms with Crippen LogP contribution in [0.15, 0.2) is 6.07 Å². The van der Waals surface area contributed by atoms with Crippen molar-refractivity contribution in [3.8, 4) is 0 Å². The highest BCUT2D eigenvalue weighted by atomic mass is 16.5. The monoisotopic (exact) mass is 277 g/mol. The Bertz CT molecular complexity index is 466. The Morgan fingerprint density at radius 3 is 3.00 bits per heavy atom. The van der Waals surface area contributed by atoms with E-state index >= 15 is 0 Å². The molecular weight excluding hydrogens is 254 g/mol. The van der Waals surface area contributed by atoms with Crippen LogP contribution in [0.3, 0.4) is 0 Å². The number of aromatic nitrogens is 2. The molecule has 3 atom stereocenters. The Kier molecular flexibility index (Phi) is 4.29. The van der Waals surface area contributed by atoms with Gasteiger partial charge in [-0.1, -0.05) is 0 Å². The highest BCUT2D eigenvalue weighted by molar-refractivity contribution is 5.15. The quantitative estimate of drug-likeness (QED) is 0.800. The minimum absolute atomic E-state index is 0.344. The summed E-state index contributed by atoms with van der Waals surface area (Å²) < 4.78 is 11.0. The molecule has 3 heterocycles. The van der Waals surface area contributed by atoms with Gasteiger partial charge in [-0.3, -0.25) is 0 Å². The van der Waals surface area contributed by atoms with Gasteiger partial charge in [-0.2, -0.15) is 0 Å². The molecule has 110 valence electrons. The molecule has 0 aromatic carbocycles. The first-order valence-corrected chi connectivity index (χ1v) is 7.46. The van der Waals surface area contributed by atoms with E-state index in [-0.39, 0.29) is 0 Å². The van der Waals surface area contributed by atoms with Crippen LogP contribution >= 0.6 is 0 Å². The van der Waals surface area contributed by atoms with Gasteiger partial charge in [-0.15, -0.1) is 0 Å². The van der Waals surface area contributed by atoms with Crippen molar-refractivity contribution in [2.24, 2.45) is 0 Å². The Morgan fingerprint density at radius 2 is 2.30 bits per heavy atom. The molecule has 0 saturated carbocycles. The molecule has 0 amide bonds. The smallest absolute Gasteiger partial charge is 0.134 e. The average molecular weight is 277 g/mol. The van der Waals surface area contributed by atoms with Crippen LogP contribution in [0.25, 0.3) is 0 Å². The first-order valence-electron chi connectivity index (χ1n) is 7.46. The fraction of sp³-hybridized carbons (Fsp3) is 0.733. The zero-order chi connectivity index (χ0) is 13.9. The van der Waals surface area contributed by atoms with Crippen molar-refractivity contribution in [3.63, 3.8) is 0 Å². The first-order chi connectivity index (χ1) is 9.76. The second kappa shape index (κ2) is 6.16.